The third kappa shape index (κ3) is 5.52. The highest BCUT2D eigenvalue weighted by Crippen LogP contribution is 2.01. The van der Waals surface area contributed by atoms with Crippen molar-refractivity contribution in [1.82, 2.24) is 14.9 Å². The van der Waals surface area contributed by atoms with Crippen LogP contribution in [0.15, 0.2) is 12.5 Å². The molecule has 1 heterocycles. The first-order valence-corrected chi connectivity index (χ1v) is 5.99. The summed E-state index contributed by atoms with van der Waals surface area (Å²) < 4.78 is 6.83. The van der Waals surface area contributed by atoms with Gasteiger partial charge in [0.25, 0.3) is 0 Å². The summed E-state index contributed by atoms with van der Waals surface area (Å²) in [7, 11) is 1.79. The Bertz CT molecular complexity index is 442. The Morgan fingerprint density at radius 3 is 2.68 bits per heavy atom. The number of hydrogen-bond donors (Lipinski definition) is 2. The zero-order valence-corrected chi connectivity index (χ0v) is 11.3. The lowest BCUT2D eigenvalue weighted by Crippen LogP contribution is -2.44. The Balaban J connectivity index is 2.53. The molecule has 0 fully saturated rings. The smallest absolute Gasteiger partial charge is 0.326 e. The van der Waals surface area contributed by atoms with E-state index in [1.807, 2.05) is 0 Å². The first-order chi connectivity index (χ1) is 8.88. The molecule has 0 aliphatic heterocycles. The summed E-state index contributed by atoms with van der Waals surface area (Å²) >= 11 is 0. The highest BCUT2D eigenvalue weighted by Gasteiger charge is 2.21. The molecule has 0 radical (unpaired) electrons. The molecule has 1 aromatic heterocycles. The van der Waals surface area contributed by atoms with Crippen LogP contribution in [0.5, 0.6) is 0 Å². The molecule has 106 valence electrons. The minimum absolute atomic E-state index is 0.0789. The number of nitrogens with one attached hydrogen (secondary N) is 1. The van der Waals surface area contributed by atoms with Crippen molar-refractivity contribution in [2.24, 2.45) is 7.05 Å². The Kier molecular flexibility index (Phi) is 5.50. The van der Waals surface area contributed by atoms with E-state index in [0.717, 1.165) is 0 Å². The first kappa shape index (κ1) is 15.2. The number of aromatic nitrogens is 2. The number of hydrogen-bond acceptors (Lipinski definition) is 4. The number of rotatable bonds is 7. The molecular formula is C12H19N3O4. The predicted molar refractivity (Wildman–Crippen MR) is 67.6 cm³/mol. The normalized spacial score (nSPS) is 12.4. The first-order valence-electron chi connectivity index (χ1n) is 5.99. The number of carboxylic acids is 1. The molecule has 19 heavy (non-hydrogen) atoms. The number of carbonyl (C=O) groups excluding carboxylic acids is 1. The molecule has 1 atom stereocenters. The molecule has 1 aromatic rings. The van der Waals surface area contributed by atoms with Gasteiger partial charge in [-0.05, 0) is 13.8 Å². The molecule has 0 unspecified atom stereocenters. The van der Waals surface area contributed by atoms with Crippen molar-refractivity contribution in [2.75, 3.05) is 6.61 Å². The molecule has 7 heteroatoms. The fourth-order valence-electron chi connectivity index (χ4n) is 1.46. The van der Waals surface area contributed by atoms with Gasteiger partial charge in [-0.15, -0.1) is 0 Å². The molecule has 0 saturated heterocycles. The second kappa shape index (κ2) is 6.89. The zero-order valence-electron chi connectivity index (χ0n) is 11.3. The summed E-state index contributed by atoms with van der Waals surface area (Å²) in [4.78, 5) is 26.7. The molecule has 0 aliphatic rings. The van der Waals surface area contributed by atoms with Crippen LogP contribution < -0.4 is 5.32 Å². The summed E-state index contributed by atoms with van der Waals surface area (Å²) in [5.74, 6) is -1.54. The SMILES string of the molecule is CC(C)OCC(=O)N[C@@H](Cc1cn(C)cn1)C(=O)O. The molecule has 1 amide bonds. The maximum absolute atomic E-state index is 11.5. The van der Waals surface area contributed by atoms with Gasteiger partial charge in [0.15, 0.2) is 0 Å². The maximum Gasteiger partial charge on any atom is 0.326 e. The third-order valence-corrected chi connectivity index (χ3v) is 2.35. The number of carboxylic acid groups (broad SMARTS) is 1. The van der Waals surface area contributed by atoms with Crippen LogP contribution in [-0.2, 0) is 27.8 Å². The number of amides is 1. The summed E-state index contributed by atoms with van der Waals surface area (Å²) in [6, 6.07) is -1.00. The second-order valence-corrected chi connectivity index (χ2v) is 4.55. The van der Waals surface area contributed by atoms with Gasteiger partial charge in [-0.1, -0.05) is 0 Å². The van der Waals surface area contributed by atoms with E-state index in [9.17, 15) is 9.59 Å². The summed E-state index contributed by atoms with van der Waals surface area (Å²) in [6.07, 6.45) is 3.36. The molecule has 0 aliphatic carbocycles. The minimum atomic E-state index is -1.09. The maximum atomic E-state index is 11.5. The van der Waals surface area contributed by atoms with E-state index in [-0.39, 0.29) is 19.1 Å². The van der Waals surface area contributed by atoms with Crippen molar-refractivity contribution in [3.63, 3.8) is 0 Å². The number of aryl methyl sites for hydroxylation is 1. The number of aliphatic carboxylic acids is 1. The number of carbonyl (C=O) groups is 2. The Morgan fingerprint density at radius 1 is 1.53 bits per heavy atom. The second-order valence-electron chi connectivity index (χ2n) is 4.55. The van der Waals surface area contributed by atoms with Crippen LogP contribution in [0.1, 0.15) is 19.5 Å². The van der Waals surface area contributed by atoms with Crippen LogP contribution in [0.4, 0.5) is 0 Å². The molecule has 1 rings (SSSR count). The molecular weight excluding hydrogens is 250 g/mol. The predicted octanol–water partition coefficient (Wildman–Crippen LogP) is -0.0430. The van der Waals surface area contributed by atoms with E-state index in [0.29, 0.717) is 5.69 Å². The lowest BCUT2D eigenvalue weighted by molar-refractivity contribution is -0.142. The Labute approximate surface area is 111 Å². The standard InChI is InChI=1S/C12H19N3O4/c1-8(2)19-6-11(16)14-10(12(17)18)4-9-5-15(3)7-13-9/h5,7-8,10H,4,6H2,1-3H3,(H,14,16)(H,17,18)/t10-/m0/s1. The lowest BCUT2D eigenvalue weighted by Gasteiger charge is -2.14. The number of ether oxygens (including phenoxy) is 1. The van der Waals surface area contributed by atoms with Crippen molar-refractivity contribution in [3.8, 4) is 0 Å². The average Bonchev–Trinajstić information content (AvgIpc) is 2.71. The van der Waals surface area contributed by atoms with Crippen molar-refractivity contribution >= 4 is 11.9 Å². The molecule has 0 spiro atoms. The van der Waals surface area contributed by atoms with E-state index in [4.69, 9.17) is 9.84 Å². The van der Waals surface area contributed by atoms with Crippen LogP contribution in [0, 0.1) is 0 Å². The van der Waals surface area contributed by atoms with Crippen LogP contribution in [0.25, 0.3) is 0 Å². The van der Waals surface area contributed by atoms with E-state index in [1.54, 1.807) is 38.0 Å². The summed E-state index contributed by atoms with van der Waals surface area (Å²) in [5.41, 5.74) is 0.611. The van der Waals surface area contributed by atoms with Crippen molar-refractivity contribution in [1.29, 1.82) is 0 Å². The molecule has 7 nitrogen and oxygen atoms in total. The number of imidazole rings is 1. The monoisotopic (exact) mass is 269 g/mol. The zero-order chi connectivity index (χ0) is 14.4. The topological polar surface area (TPSA) is 93.5 Å². The summed E-state index contributed by atoms with van der Waals surface area (Å²) in [5, 5.41) is 11.5. The molecule has 0 bridgehead atoms. The Hall–Kier alpha value is -1.89. The van der Waals surface area contributed by atoms with Crippen molar-refractivity contribution in [3.05, 3.63) is 18.2 Å². The highest BCUT2D eigenvalue weighted by molar-refractivity contribution is 5.84. The van der Waals surface area contributed by atoms with Crippen LogP contribution in [0.3, 0.4) is 0 Å². The van der Waals surface area contributed by atoms with Gasteiger partial charge >= 0.3 is 5.97 Å². The fraction of sp³-hybridized carbons (Fsp3) is 0.583. The van der Waals surface area contributed by atoms with E-state index in [1.165, 1.54) is 0 Å². The van der Waals surface area contributed by atoms with Gasteiger partial charge in [-0.2, -0.15) is 0 Å². The largest absolute Gasteiger partial charge is 0.480 e. The Morgan fingerprint density at radius 2 is 2.21 bits per heavy atom. The van der Waals surface area contributed by atoms with Crippen LogP contribution in [-0.4, -0.2) is 45.3 Å². The third-order valence-electron chi connectivity index (χ3n) is 2.35. The van der Waals surface area contributed by atoms with Crippen molar-refractivity contribution < 1.29 is 19.4 Å². The van der Waals surface area contributed by atoms with Crippen LogP contribution >= 0.6 is 0 Å². The number of nitrogens with zero attached hydrogens (tertiary/aromatic N) is 2. The van der Waals surface area contributed by atoms with Gasteiger partial charge < -0.3 is 19.7 Å². The van der Waals surface area contributed by atoms with Gasteiger partial charge in [0.1, 0.15) is 12.6 Å². The van der Waals surface area contributed by atoms with Gasteiger partial charge in [0, 0.05) is 19.7 Å². The molecule has 0 saturated carbocycles. The quantitative estimate of drug-likeness (QED) is 0.724. The van der Waals surface area contributed by atoms with E-state index >= 15 is 0 Å². The van der Waals surface area contributed by atoms with Gasteiger partial charge in [-0.25, -0.2) is 9.78 Å². The summed E-state index contributed by atoms with van der Waals surface area (Å²) in [6.45, 7) is 3.45. The minimum Gasteiger partial charge on any atom is -0.480 e. The lowest BCUT2D eigenvalue weighted by atomic mass is 10.1. The fourth-order valence-corrected chi connectivity index (χ4v) is 1.46. The molecule has 2 N–H and O–H groups in total. The van der Waals surface area contributed by atoms with Gasteiger partial charge in [0.2, 0.25) is 5.91 Å². The van der Waals surface area contributed by atoms with Crippen molar-refractivity contribution in [2.45, 2.75) is 32.4 Å². The van der Waals surface area contributed by atoms with E-state index in [2.05, 4.69) is 10.3 Å². The molecule has 0 aromatic carbocycles. The van der Waals surface area contributed by atoms with Gasteiger partial charge in [-0.3, -0.25) is 4.79 Å². The van der Waals surface area contributed by atoms with Gasteiger partial charge in [0.05, 0.1) is 18.1 Å². The average molecular weight is 269 g/mol. The highest BCUT2D eigenvalue weighted by atomic mass is 16.5. The van der Waals surface area contributed by atoms with Crippen LogP contribution in [0.2, 0.25) is 0 Å². The van der Waals surface area contributed by atoms with E-state index < -0.39 is 17.9 Å².